The summed E-state index contributed by atoms with van der Waals surface area (Å²) in [6.07, 6.45) is -0.918. The lowest BCUT2D eigenvalue weighted by Gasteiger charge is -2.00. The van der Waals surface area contributed by atoms with Crippen LogP contribution >= 0.6 is 0 Å². The van der Waals surface area contributed by atoms with Gasteiger partial charge < -0.3 is 14.6 Å². The minimum absolute atomic E-state index is 0.0532. The number of hydrogen-bond acceptors (Lipinski definition) is 5. The molecule has 0 bridgehead atoms. The van der Waals surface area contributed by atoms with Crippen molar-refractivity contribution in [3.63, 3.8) is 0 Å². The van der Waals surface area contributed by atoms with Crippen LogP contribution in [0.25, 0.3) is 0 Å². The van der Waals surface area contributed by atoms with E-state index in [1.54, 1.807) is 0 Å². The molecule has 0 aliphatic carbocycles. The molecule has 5 heteroatoms. The van der Waals surface area contributed by atoms with Crippen LogP contribution in [-0.2, 0) is 19.1 Å². The van der Waals surface area contributed by atoms with Gasteiger partial charge in [0.1, 0.15) is 0 Å². The van der Waals surface area contributed by atoms with Gasteiger partial charge in [-0.15, -0.1) is 0 Å². The Hall–Kier alpha value is -1.39. The Morgan fingerprint density at radius 1 is 1.36 bits per heavy atom. The van der Waals surface area contributed by atoms with Crippen LogP contribution in [-0.4, -0.2) is 24.3 Å². The van der Waals surface area contributed by atoms with E-state index in [1.165, 1.54) is 6.92 Å². The molecule has 0 aliphatic heterocycles. The fourth-order valence-electron chi connectivity index (χ4n) is 0.415. The summed E-state index contributed by atoms with van der Waals surface area (Å²) in [6, 6.07) is 0. The van der Waals surface area contributed by atoms with E-state index in [0.29, 0.717) is 0 Å². The molecule has 0 amide bonds. The van der Waals surface area contributed by atoms with Crippen LogP contribution in [0.4, 0.5) is 0 Å². The zero-order chi connectivity index (χ0) is 8.85. The monoisotopic (exact) mass is 159 g/mol. The third kappa shape index (κ3) is 4.07. The number of carboxylic acids is 1. The van der Waals surface area contributed by atoms with E-state index >= 15 is 0 Å². The summed E-state index contributed by atoms with van der Waals surface area (Å²) in [5.41, 5.74) is 0. The van der Waals surface area contributed by atoms with E-state index < -0.39 is 24.1 Å². The average molecular weight is 159 g/mol. The topological polar surface area (TPSA) is 83.5 Å². The fourth-order valence-corrected chi connectivity index (χ4v) is 0.415. The van der Waals surface area contributed by atoms with Crippen molar-refractivity contribution in [1.82, 2.24) is 0 Å². The summed E-state index contributed by atoms with van der Waals surface area (Å²) >= 11 is 0. The van der Waals surface area contributed by atoms with E-state index in [4.69, 9.17) is 0 Å². The van der Waals surface area contributed by atoms with Crippen molar-refractivity contribution in [1.29, 1.82) is 0 Å². The number of ether oxygens (including phenoxy) is 1. The van der Waals surface area contributed by atoms with Crippen LogP contribution in [0.15, 0.2) is 0 Å². The van der Waals surface area contributed by atoms with E-state index in [-0.39, 0.29) is 6.61 Å². The van der Waals surface area contributed by atoms with Crippen LogP contribution in [0.5, 0.6) is 0 Å². The molecule has 0 saturated heterocycles. The van der Waals surface area contributed by atoms with Crippen molar-refractivity contribution in [2.24, 2.45) is 0 Å². The maximum Gasteiger partial charge on any atom is 0.374 e. The van der Waals surface area contributed by atoms with Crippen molar-refractivity contribution in [3.8, 4) is 0 Å². The number of carbonyl (C=O) groups excluding carboxylic acids is 3. The Labute approximate surface area is 63.0 Å². The van der Waals surface area contributed by atoms with Crippen LogP contribution in [0.1, 0.15) is 13.3 Å². The maximum absolute atomic E-state index is 10.4. The fraction of sp³-hybridized carbons (Fsp3) is 0.500. The quantitative estimate of drug-likeness (QED) is 0.276. The third-order valence-electron chi connectivity index (χ3n) is 0.808. The van der Waals surface area contributed by atoms with Crippen LogP contribution < -0.4 is 5.11 Å². The number of ketones is 1. The zero-order valence-electron chi connectivity index (χ0n) is 5.96. The van der Waals surface area contributed by atoms with Gasteiger partial charge in [0.05, 0.1) is 13.0 Å². The summed E-state index contributed by atoms with van der Waals surface area (Å²) in [5, 5.41) is 9.78. The summed E-state index contributed by atoms with van der Waals surface area (Å²) < 4.78 is 4.22. The maximum atomic E-state index is 10.4. The molecule has 62 valence electrons. The van der Waals surface area contributed by atoms with Gasteiger partial charge in [-0.3, -0.25) is 4.79 Å². The SMILES string of the molecule is CCOC(=O)C(=O)CC(=O)[O-]. The Morgan fingerprint density at radius 3 is 2.27 bits per heavy atom. The first-order valence-corrected chi connectivity index (χ1v) is 2.97. The molecule has 0 saturated carbocycles. The lowest BCUT2D eigenvalue weighted by molar-refractivity contribution is -0.304. The smallest absolute Gasteiger partial charge is 0.374 e. The molecule has 0 aromatic carbocycles. The van der Waals surface area contributed by atoms with Gasteiger partial charge in [0.2, 0.25) is 5.78 Å². The first-order valence-electron chi connectivity index (χ1n) is 2.97. The second-order valence-corrected chi connectivity index (χ2v) is 1.69. The van der Waals surface area contributed by atoms with Gasteiger partial charge >= 0.3 is 5.97 Å². The molecule has 0 spiro atoms. The number of rotatable bonds is 4. The number of hydrogen-bond donors (Lipinski definition) is 0. The van der Waals surface area contributed by atoms with Gasteiger partial charge in [-0.2, -0.15) is 0 Å². The number of Topliss-reactive ketones (excluding diaryl/α,β-unsaturated/α-hetero) is 1. The van der Waals surface area contributed by atoms with Gasteiger partial charge in [-0.25, -0.2) is 4.79 Å². The standard InChI is InChI=1S/C6H8O5/c1-2-11-6(10)4(7)3-5(8)9/h2-3H2,1H3,(H,8,9)/p-1. The van der Waals surface area contributed by atoms with E-state index in [2.05, 4.69) is 4.74 Å². The molecule has 0 N–H and O–H groups in total. The number of aliphatic carboxylic acids is 1. The van der Waals surface area contributed by atoms with Crippen molar-refractivity contribution in [2.45, 2.75) is 13.3 Å². The molecule has 0 aromatic rings. The summed E-state index contributed by atoms with van der Waals surface area (Å²) in [7, 11) is 0. The minimum Gasteiger partial charge on any atom is -0.550 e. The lowest BCUT2D eigenvalue weighted by Crippen LogP contribution is -2.29. The van der Waals surface area contributed by atoms with Gasteiger partial charge in [0.25, 0.3) is 0 Å². The third-order valence-corrected chi connectivity index (χ3v) is 0.808. The highest BCUT2D eigenvalue weighted by molar-refractivity contribution is 6.36. The summed E-state index contributed by atoms with van der Waals surface area (Å²) in [5.74, 6) is -3.80. The molecule has 0 radical (unpaired) electrons. The van der Waals surface area contributed by atoms with E-state index in [1.807, 2.05) is 0 Å². The molecule has 0 heterocycles. The highest BCUT2D eigenvalue weighted by atomic mass is 16.5. The molecule has 0 aliphatic rings. The molecule has 5 nitrogen and oxygen atoms in total. The molecular weight excluding hydrogens is 152 g/mol. The first kappa shape index (κ1) is 9.61. The molecule has 0 atom stereocenters. The Kier molecular flexibility index (Phi) is 3.87. The molecule has 0 aromatic heterocycles. The molecule has 0 fully saturated rings. The molecule has 0 rings (SSSR count). The van der Waals surface area contributed by atoms with Crippen LogP contribution in [0.3, 0.4) is 0 Å². The van der Waals surface area contributed by atoms with Crippen molar-refractivity contribution in [3.05, 3.63) is 0 Å². The Balaban J connectivity index is 3.83. The average Bonchev–Trinajstić information content (AvgIpc) is 1.86. The predicted molar refractivity (Wildman–Crippen MR) is 31.3 cm³/mol. The second kappa shape index (κ2) is 4.43. The second-order valence-electron chi connectivity index (χ2n) is 1.69. The van der Waals surface area contributed by atoms with Crippen molar-refractivity contribution >= 4 is 17.7 Å². The highest BCUT2D eigenvalue weighted by Crippen LogP contribution is 1.85. The number of carbonyl (C=O) groups is 3. The molecule has 11 heavy (non-hydrogen) atoms. The van der Waals surface area contributed by atoms with Gasteiger partial charge in [-0.1, -0.05) is 0 Å². The number of carboxylic acid groups (broad SMARTS) is 1. The van der Waals surface area contributed by atoms with Crippen molar-refractivity contribution in [2.75, 3.05) is 6.61 Å². The minimum atomic E-state index is -1.58. The molecular formula is C6H7O5-. The lowest BCUT2D eigenvalue weighted by atomic mass is 10.3. The van der Waals surface area contributed by atoms with E-state index in [9.17, 15) is 19.5 Å². The normalized spacial score (nSPS) is 8.82. The number of esters is 1. The van der Waals surface area contributed by atoms with Crippen LogP contribution in [0, 0.1) is 0 Å². The van der Waals surface area contributed by atoms with E-state index in [0.717, 1.165) is 0 Å². The Morgan fingerprint density at radius 2 is 1.91 bits per heavy atom. The van der Waals surface area contributed by atoms with Gasteiger partial charge in [0, 0.05) is 5.97 Å². The highest BCUT2D eigenvalue weighted by Gasteiger charge is 2.13. The summed E-state index contributed by atoms with van der Waals surface area (Å²) in [4.78, 5) is 30.6. The molecule has 0 unspecified atom stereocenters. The first-order chi connectivity index (χ1) is 5.07. The predicted octanol–water partition coefficient (Wildman–Crippen LogP) is -1.74. The largest absolute Gasteiger partial charge is 0.550 e. The van der Waals surface area contributed by atoms with Crippen molar-refractivity contribution < 1.29 is 24.2 Å². The van der Waals surface area contributed by atoms with Gasteiger partial charge in [0.15, 0.2) is 0 Å². The zero-order valence-corrected chi connectivity index (χ0v) is 5.96. The Bertz CT molecular complexity index is 183. The summed E-state index contributed by atoms with van der Waals surface area (Å²) in [6.45, 7) is 1.57. The van der Waals surface area contributed by atoms with Gasteiger partial charge in [-0.05, 0) is 6.92 Å². The van der Waals surface area contributed by atoms with Crippen LogP contribution in [0.2, 0.25) is 0 Å².